The van der Waals surface area contributed by atoms with Gasteiger partial charge in [0.25, 0.3) is 0 Å². The highest BCUT2D eigenvalue weighted by atomic mass is 35.5. The molecule has 0 amide bonds. The lowest BCUT2D eigenvalue weighted by Gasteiger charge is -2.11. The molecular formula is C13H10ClF3N2O. The summed E-state index contributed by atoms with van der Waals surface area (Å²) >= 11 is 5.90. The Hall–Kier alpha value is -1.82. The zero-order chi connectivity index (χ0) is 15.1. The number of hydrogen-bond acceptors (Lipinski definition) is 2. The number of aryl methyl sites for hydroxylation is 1. The SMILES string of the molecule is Cc1nn(-c2ccc(C(F)(F)F)cc2Cl)c(C)c1C=O. The number of carbonyl (C=O) groups excluding carboxylic acids is 1. The summed E-state index contributed by atoms with van der Waals surface area (Å²) in [5.74, 6) is 0. The molecular weight excluding hydrogens is 293 g/mol. The van der Waals surface area contributed by atoms with Gasteiger partial charge in [-0.25, -0.2) is 4.68 Å². The molecule has 1 heterocycles. The molecule has 2 aromatic rings. The van der Waals surface area contributed by atoms with Crippen LogP contribution in [0.25, 0.3) is 5.69 Å². The standard InChI is InChI=1S/C13H10ClF3N2O/c1-7-10(6-20)8(2)19(18-7)12-4-3-9(5-11(12)14)13(15,16)17/h3-6H,1-2H3. The first-order valence-electron chi connectivity index (χ1n) is 5.64. The van der Waals surface area contributed by atoms with Crippen LogP contribution in [-0.2, 0) is 6.18 Å². The molecule has 0 saturated heterocycles. The molecule has 106 valence electrons. The van der Waals surface area contributed by atoms with Gasteiger partial charge in [0, 0.05) is 0 Å². The highest BCUT2D eigenvalue weighted by Crippen LogP contribution is 2.33. The van der Waals surface area contributed by atoms with Crippen molar-refractivity contribution >= 4 is 17.9 Å². The van der Waals surface area contributed by atoms with E-state index in [1.807, 2.05) is 0 Å². The molecule has 0 spiro atoms. The monoisotopic (exact) mass is 302 g/mol. The van der Waals surface area contributed by atoms with E-state index < -0.39 is 11.7 Å². The van der Waals surface area contributed by atoms with E-state index in [0.29, 0.717) is 28.9 Å². The maximum absolute atomic E-state index is 12.6. The first-order valence-corrected chi connectivity index (χ1v) is 6.02. The molecule has 2 rings (SSSR count). The number of aromatic nitrogens is 2. The summed E-state index contributed by atoms with van der Waals surface area (Å²) in [6.45, 7) is 3.29. The molecule has 1 aromatic carbocycles. The van der Waals surface area contributed by atoms with E-state index in [4.69, 9.17) is 11.6 Å². The third kappa shape index (κ3) is 2.43. The van der Waals surface area contributed by atoms with E-state index in [0.717, 1.165) is 12.1 Å². The fourth-order valence-corrected chi connectivity index (χ4v) is 2.18. The van der Waals surface area contributed by atoms with Gasteiger partial charge in [-0.1, -0.05) is 11.6 Å². The van der Waals surface area contributed by atoms with Crippen LogP contribution in [0.4, 0.5) is 13.2 Å². The lowest BCUT2D eigenvalue weighted by atomic mass is 10.2. The van der Waals surface area contributed by atoms with Gasteiger partial charge in [0.2, 0.25) is 0 Å². The third-order valence-corrected chi connectivity index (χ3v) is 3.27. The maximum atomic E-state index is 12.6. The minimum Gasteiger partial charge on any atom is -0.298 e. The summed E-state index contributed by atoms with van der Waals surface area (Å²) in [5, 5.41) is 4.04. The number of nitrogens with zero attached hydrogens (tertiary/aromatic N) is 2. The molecule has 3 nitrogen and oxygen atoms in total. The van der Waals surface area contributed by atoms with Crippen LogP contribution in [-0.4, -0.2) is 16.1 Å². The Morgan fingerprint density at radius 3 is 2.40 bits per heavy atom. The Bertz CT molecular complexity index is 677. The molecule has 7 heteroatoms. The van der Waals surface area contributed by atoms with Crippen LogP contribution in [0.3, 0.4) is 0 Å². The first-order chi connectivity index (χ1) is 9.25. The molecule has 0 bridgehead atoms. The van der Waals surface area contributed by atoms with E-state index in [-0.39, 0.29) is 5.02 Å². The summed E-state index contributed by atoms with van der Waals surface area (Å²) in [7, 11) is 0. The molecule has 0 fully saturated rings. The van der Waals surface area contributed by atoms with Crippen molar-refractivity contribution in [3.8, 4) is 5.69 Å². The summed E-state index contributed by atoms with van der Waals surface area (Å²) in [4.78, 5) is 10.9. The van der Waals surface area contributed by atoms with Crippen LogP contribution in [0.15, 0.2) is 18.2 Å². The Labute approximate surface area is 118 Å². The van der Waals surface area contributed by atoms with E-state index in [9.17, 15) is 18.0 Å². The number of halogens is 4. The summed E-state index contributed by atoms with van der Waals surface area (Å²) in [6.07, 6.45) is -3.79. The van der Waals surface area contributed by atoms with Gasteiger partial charge in [-0.3, -0.25) is 4.79 Å². The van der Waals surface area contributed by atoms with Crippen molar-refractivity contribution in [2.24, 2.45) is 0 Å². The van der Waals surface area contributed by atoms with Crippen LogP contribution in [0.1, 0.15) is 27.3 Å². The highest BCUT2D eigenvalue weighted by molar-refractivity contribution is 6.32. The topological polar surface area (TPSA) is 34.9 Å². The van der Waals surface area contributed by atoms with Crippen LogP contribution in [0.2, 0.25) is 5.02 Å². The van der Waals surface area contributed by atoms with Crippen molar-refractivity contribution in [1.82, 2.24) is 9.78 Å². The van der Waals surface area contributed by atoms with Gasteiger partial charge in [0.05, 0.1) is 33.2 Å². The minimum absolute atomic E-state index is 0.0807. The van der Waals surface area contributed by atoms with Gasteiger partial charge >= 0.3 is 6.18 Å². The molecule has 0 aliphatic carbocycles. The second-order valence-electron chi connectivity index (χ2n) is 4.28. The van der Waals surface area contributed by atoms with Crippen molar-refractivity contribution in [2.45, 2.75) is 20.0 Å². The van der Waals surface area contributed by atoms with Crippen molar-refractivity contribution in [2.75, 3.05) is 0 Å². The summed E-state index contributed by atoms with van der Waals surface area (Å²) in [5.41, 5.74) is 0.894. The predicted octanol–water partition coefficient (Wildman–Crippen LogP) is 3.97. The van der Waals surface area contributed by atoms with E-state index in [2.05, 4.69) is 5.10 Å². The Morgan fingerprint density at radius 2 is 1.95 bits per heavy atom. The van der Waals surface area contributed by atoms with Gasteiger partial charge in [0.1, 0.15) is 0 Å². The van der Waals surface area contributed by atoms with Crippen molar-refractivity contribution in [1.29, 1.82) is 0 Å². The highest BCUT2D eigenvalue weighted by Gasteiger charge is 2.31. The van der Waals surface area contributed by atoms with Crippen molar-refractivity contribution in [3.05, 3.63) is 45.7 Å². The number of benzene rings is 1. The average molecular weight is 303 g/mol. The fourth-order valence-electron chi connectivity index (χ4n) is 1.91. The van der Waals surface area contributed by atoms with Crippen LogP contribution < -0.4 is 0 Å². The second kappa shape index (κ2) is 4.94. The number of rotatable bonds is 2. The van der Waals surface area contributed by atoms with Gasteiger partial charge in [-0.15, -0.1) is 0 Å². The molecule has 0 N–H and O–H groups in total. The zero-order valence-electron chi connectivity index (χ0n) is 10.6. The Morgan fingerprint density at radius 1 is 1.30 bits per heavy atom. The molecule has 0 aliphatic rings. The van der Waals surface area contributed by atoms with Crippen LogP contribution in [0, 0.1) is 13.8 Å². The number of alkyl halides is 3. The number of hydrogen-bond donors (Lipinski definition) is 0. The van der Waals surface area contributed by atoms with E-state index >= 15 is 0 Å². The molecule has 0 atom stereocenters. The molecule has 1 aromatic heterocycles. The molecule has 0 aliphatic heterocycles. The van der Waals surface area contributed by atoms with E-state index in [1.54, 1.807) is 13.8 Å². The van der Waals surface area contributed by atoms with Crippen molar-refractivity contribution in [3.63, 3.8) is 0 Å². The van der Waals surface area contributed by atoms with Gasteiger partial charge in [-0.05, 0) is 32.0 Å². The van der Waals surface area contributed by atoms with Crippen LogP contribution >= 0.6 is 11.6 Å². The van der Waals surface area contributed by atoms with Gasteiger partial charge in [-0.2, -0.15) is 18.3 Å². The quantitative estimate of drug-likeness (QED) is 0.787. The Kier molecular flexibility index (Phi) is 3.60. The Balaban J connectivity index is 2.57. The van der Waals surface area contributed by atoms with Crippen molar-refractivity contribution < 1.29 is 18.0 Å². The van der Waals surface area contributed by atoms with Crippen LogP contribution in [0.5, 0.6) is 0 Å². The summed E-state index contributed by atoms with van der Waals surface area (Å²) < 4.78 is 39.1. The summed E-state index contributed by atoms with van der Waals surface area (Å²) in [6, 6.07) is 3.01. The van der Waals surface area contributed by atoms with Gasteiger partial charge in [0.15, 0.2) is 6.29 Å². The second-order valence-corrected chi connectivity index (χ2v) is 4.69. The largest absolute Gasteiger partial charge is 0.416 e. The maximum Gasteiger partial charge on any atom is 0.416 e. The fraction of sp³-hybridized carbons (Fsp3) is 0.231. The first kappa shape index (κ1) is 14.6. The number of aldehydes is 1. The molecule has 0 saturated carbocycles. The van der Waals surface area contributed by atoms with E-state index in [1.165, 1.54) is 10.7 Å². The lowest BCUT2D eigenvalue weighted by Crippen LogP contribution is -2.07. The molecule has 0 radical (unpaired) electrons. The molecule has 20 heavy (non-hydrogen) atoms. The average Bonchev–Trinajstić information content (AvgIpc) is 2.63. The normalized spacial score (nSPS) is 11.7. The van der Waals surface area contributed by atoms with Gasteiger partial charge < -0.3 is 0 Å². The molecule has 0 unspecified atom stereocenters. The minimum atomic E-state index is -4.45. The predicted molar refractivity (Wildman–Crippen MR) is 68.4 cm³/mol. The smallest absolute Gasteiger partial charge is 0.298 e. The lowest BCUT2D eigenvalue weighted by molar-refractivity contribution is -0.137. The zero-order valence-corrected chi connectivity index (χ0v) is 11.4. The number of carbonyl (C=O) groups is 1. The third-order valence-electron chi connectivity index (χ3n) is 2.97.